The van der Waals surface area contributed by atoms with Gasteiger partial charge < -0.3 is 20.1 Å². The van der Waals surface area contributed by atoms with Crippen LogP contribution in [0.3, 0.4) is 0 Å². The summed E-state index contributed by atoms with van der Waals surface area (Å²) in [5.41, 5.74) is 1.53. The molecule has 0 spiro atoms. The van der Waals surface area contributed by atoms with Gasteiger partial charge >= 0.3 is 6.09 Å². The van der Waals surface area contributed by atoms with E-state index in [0.29, 0.717) is 36.6 Å². The Kier molecular flexibility index (Phi) is 8.76. The van der Waals surface area contributed by atoms with Crippen LogP contribution in [0.1, 0.15) is 111 Å². The number of fused-ring (bicyclic) bond motifs is 5. The lowest BCUT2D eigenvalue weighted by Crippen LogP contribution is -2.61. The summed E-state index contributed by atoms with van der Waals surface area (Å²) in [4.78, 5) is 21.9. The quantitative estimate of drug-likeness (QED) is 0.259. The van der Waals surface area contributed by atoms with E-state index in [4.69, 9.17) is 0 Å². The van der Waals surface area contributed by atoms with Crippen molar-refractivity contribution in [1.82, 2.24) is 14.9 Å². The van der Waals surface area contributed by atoms with Gasteiger partial charge in [0.15, 0.2) is 0 Å². The summed E-state index contributed by atoms with van der Waals surface area (Å²) in [6, 6.07) is -0.180. The third-order valence-corrected chi connectivity index (χ3v) is 12.4. The maximum absolute atomic E-state index is 12.8. The molecule has 5 rings (SSSR count). The van der Waals surface area contributed by atoms with Crippen LogP contribution < -0.4 is 0 Å². The van der Waals surface area contributed by atoms with Crippen molar-refractivity contribution in [3.05, 3.63) is 29.9 Å². The van der Waals surface area contributed by atoms with E-state index in [-0.39, 0.29) is 11.5 Å². The molecule has 1 aromatic rings. The third kappa shape index (κ3) is 5.39. The summed E-state index contributed by atoms with van der Waals surface area (Å²) in [5, 5.41) is 21.4. The van der Waals surface area contributed by atoms with E-state index < -0.39 is 12.2 Å². The van der Waals surface area contributed by atoms with Gasteiger partial charge in [-0.25, -0.2) is 9.78 Å². The summed E-state index contributed by atoms with van der Waals surface area (Å²) in [6.45, 7) is 12.7. The molecule has 224 valence electrons. The molecule has 6 nitrogen and oxygen atoms in total. The van der Waals surface area contributed by atoms with Crippen LogP contribution in [-0.4, -0.2) is 49.9 Å². The van der Waals surface area contributed by atoms with Gasteiger partial charge in [-0.1, -0.05) is 65.5 Å². The predicted molar refractivity (Wildman–Crippen MR) is 160 cm³/mol. The number of H-pyrrole nitrogens is 1. The van der Waals surface area contributed by atoms with Crippen molar-refractivity contribution >= 4 is 6.09 Å². The first kappa shape index (κ1) is 29.7. The minimum Gasteiger partial charge on any atom is -0.465 e. The zero-order chi connectivity index (χ0) is 28.7. The first-order valence-corrected chi connectivity index (χ1v) is 16.4. The molecule has 0 aliphatic heterocycles. The molecule has 0 bridgehead atoms. The summed E-state index contributed by atoms with van der Waals surface area (Å²) < 4.78 is 0. The Morgan fingerprint density at radius 2 is 1.95 bits per heavy atom. The van der Waals surface area contributed by atoms with E-state index in [2.05, 4.69) is 50.7 Å². The van der Waals surface area contributed by atoms with Crippen molar-refractivity contribution in [3.8, 4) is 0 Å². The summed E-state index contributed by atoms with van der Waals surface area (Å²) in [5.74, 6) is 5.12. The fourth-order valence-corrected chi connectivity index (χ4v) is 10.4. The van der Waals surface area contributed by atoms with Crippen molar-refractivity contribution < 1.29 is 15.0 Å². The minimum absolute atomic E-state index is 0.180. The van der Waals surface area contributed by atoms with Crippen LogP contribution in [0, 0.1) is 46.3 Å². The van der Waals surface area contributed by atoms with Gasteiger partial charge in [0.05, 0.1) is 6.10 Å². The molecular formula is C34H55N3O3. The number of hydrogen-bond donors (Lipinski definition) is 3. The molecule has 6 heteroatoms. The molecule has 40 heavy (non-hydrogen) atoms. The lowest BCUT2D eigenvalue weighted by molar-refractivity contribution is -0.0870. The van der Waals surface area contributed by atoms with E-state index in [1.165, 1.54) is 50.5 Å². The molecule has 3 N–H and O–H groups in total. The van der Waals surface area contributed by atoms with Gasteiger partial charge in [0.2, 0.25) is 0 Å². The van der Waals surface area contributed by atoms with E-state index in [0.717, 1.165) is 48.8 Å². The van der Waals surface area contributed by atoms with Crippen molar-refractivity contribution in [2.75, 3.05) is 6.54 Å². The van der Waals surface area contributed by atoms with Crippen molar-refractivity contribution in [2.45, 2.75) is 124 Å². The maximum Gasteiger partial charge on any atom is 0.407 e. The largest absolute Gasteiger partial charge is 0.465 e. The number of aromatic amines is 1. The number of hydrogen-bond acceptors (Lipinski definition) is 3. The minimum atomic E-state index is -0.849. The molecule has 1 aromatic heterocycles. The van der Waals surface area contributed by atoms with Crippen LogP contribution >= 0.6 is 0 Å². The smallest absolute Gasteiger partial charge is 0.407 e. The van der Waals surface area contributed by atoms with Crippen molar-refractivity contribution in [1.29, 1.82) is 0 Å². The Morgan fingerprint density at radius 1 is 1.15 bits per heavy atom. The number of carbonyl (C=O) groups is 1. The molecule has 3 saturated carbocycles. The first-order valence-electron chi connectivity index (χ1n) is 16.4. The second-order valence-corrected chi connectivity index (χ2v) is 14.9. The van der Waals surface area contributed by atoms with E-state index in [9.17, 15) is 15.0 Å². The number of allylic oxidation sites excluding steroid dienone is 1. The van der Waals surface area contributed by atoms with Gasteiger partial charge in [0.25, 0.3) is 0 Å². The number of carboxylic acid groups (broad SMARTS) is 1. The maximum atomic E-state index is 12.8. The SMILES string of the molecule is CC(C)CCC[C@@H](C)[C@H]1CC[C@H]2[C@@H]3CC=C4C[C@@H](O)CC(N(CCCc5ncc[nH]5)C(=O)O)[C@]4(C)[C@H]3CC[C@]12C. The van der Waals surface area contributed by atoms with Gasteiger partial charge in [-0.15, -0.1) is 0 Å². The number of aryl methyl sites for hydroxylation is 1. The van der Waals surface area contributed by atoms with Crippen LogP contribution in [0.5, 0.6) is 0 Å². The van der Waals surface area contributed by atoms with Crippen LogP contribution in [0.4, 0.5) is 4.79 Å². The number of nitrogens with zero attached hydrogens (tertiary/aromatic N) is 2. The highest BCUT2D eigenvalue weighted by Crippen LogP contribution is 2.67. The number of amides is 1. The standard InChI is InChI=1S/C34H55N3O3/c1-22(2)8-6-9-23(3)27-13-14-28-26-12-11-24-20-25(38)21-30(34(24,5)29(26)15-16-33(27,28)4)37(32(39)40)19-7-10-31-35-17-18-36-31/h11,17-18,22-23,25-30,38H,6-10,12-16,19-21H2,1-5H3,(H,35,36)(H,39,40)/t23-,25-,26+,27-,28+,29+,30?,33-,34+/m1/s1. The fraction of sp³-hybridized carbons (Fsp3) is 0.824. The normalized spacial score (nSPS) is 37.8. The molecule has 9 atom stereocenters. The van der Waals surface area contributed by atoms with E-state index >= 15 is 0 Å². The number of aromatic nitrogens is 2. The summed E-state index contributed by atoms with van der Waals surface area (Å²) >= 11 is 0. The van der Waals surface area contributed by atoms with Gasteiger partial charge in [-0.05, 0) is 92.3 Å². The molecule has 1 heterocycles. The lowest BCUT2D eigenvalue weighted by atomic mass is 9.45. The highest BCUT2D eigenvalue weighted by Gasteiger charge is 2.62. The summed E-state index contributed by atoms with van der Waals surface area (Å²) in [6.07, 6.45) is 17.7. The van der Waals surface area contributed by atoms with Gasteiger partial charge in [0.1, 0.15) is 5.82 Å². The van der Waals surface area contributed by atoms with E-state index in [1.54, 1.807) is 11.1 Å². The van der Waals surface area contributed by atoms with Gasteiger partial charge in [0, 0.05) is 36.8 Å². The molecule has 4 aliphatic rings. The van der Waals surface area contributed by atoms with Gasteiger partial charge in [-0.3, -0.25) is 0 Å². The Hall–Kier alpha value is -1.82. The topological polar surface area (TPSA) is 89.5 Å². The van der Waals surface area contributed by atoms with Gasteiger partial charge in [-0.2, -0.15) is 0 Å². The number of aliphatic hydroxyl groups excluding tert-OH is 1. The molecule has 4 aliphatic carbocycles. The summed E-state index contributed by atoms with van der Waals surface area (Å²) in [7, 11) is 0. The Labute approximate surface area is 242 Å². The zero-order valence-electron chi connectivity index (χ0n) is 25.7. The van der Waals surface area contributed by atoms with Crippen LogP contribution in [0.15, 0.2) is 24.0 Å². The Bertz CT molecular complexity index is 1040. The van der Waals surface area contributed by atoms with E-state index in [1.807, 2.05) is 6.20 Å². The molecule has 0 aromatic carbocycles. The number of rotatable bonds is 10. The number of imidazole rings is 1. The number of nitrogens with one attached hydrogen (secondary N) is 1. The molecular weight excluding hydrogens is 498 g/mol. The second kappa shape index (κ2) is 11.8. The highest BCUT2D eigenvalue weighted by atomic mass is 16.4. The van der Waals surface area contributed by atoms with Crippen LogP contribution in [-0.2, 0) is 6.42 Å². The van der Waals surface area contributed by atoms with Crippen LogP contribution in [0.2, 0.25) is 0 Å². The average molecular weight is 554 g/mol. The second-order valence-electron chi connectivity index (χ2n) is 14.9. The molecule has 1 amide bonds. The Morgan fingerprint density at radius 3 is 2.65 bits per heavy atom. The predicted octanol–water partition coefficient (Wildman–Crippen LogP) is 7.70. The van der Waals surface area contributed by atoms with Crippen molar-refractivity contribution in [2.24, 2.45) is 46.3 Å². The molecule has 3 fully saturated rings. The fourth-order valence-electron chi connectivity index (χ4n) is 10.4. The average Bonchev–Trinajstić information content (AvgIpc) is 3.54. The van der Waals surface area contributed by atoms with Crippen LogP contribution in [0.25, 0.3) is 0 Å². The first-order chi connectivity index (χ1) is 19.1. The number of aliphatic hydroxyl groups is 1. The monoisotopic (exact) mass is 553 g/mol. The van der Waals surface area contributed by atoms with Crippen molar-refractivity contribution in [3.63, 3.8) is 0 Å². The zero-order valence-corrected chi connectivity index (χ0v) is 25.7. The lowest BCUT2D eigenvalue weighted by Gasteiger charge is -2.61. The third-order valence-electron chi connectivity index (χ3n) is 12.4. The Balaban J connectivity index is 1.36. The molecule has 1 unspecified atom stereocenters. The molecule has 0 radical (unpaired) electrons. The highest BCUT2D eigenvalue weighted by molar-refractivity contribution is 5.66. The molecule has 0 saturated heterocycles.